The molecule has 27 heavy (non-hydrogen) atoms. The van der Waals surface area contributed by atoms with Crippen LogP contribution < -0.4 is 4.90 Å². The lowest BCUT2D eigenvalue weighted by atomic mass is 10.0. The Hall–Kier alpha value is -2.87. The van der Waals surface area contributed by atoms with Crippen LogP contribution in [0.5, 0.6) is 0 Å². The van der Waals surface area contributed by atoms with Crippen LogP contribution in [-0.4, -0.2) is 39.8 Å². The van der Waals surface area contributed by atoms with Crippen LogP contribution in [0.25, 0.3) is 11.9 Å². The van der Waals surface area contributed by atoms with Gasteiger partial charge in [-0.15, -0.1) is 0 Å². The first kappa shape index (κ1) is 17.5. The zero-order valence-electron chi connectivity index (χ0n) is 14.9. The molecule has 140 valence electrons. The number of aromatic nitrogens is 4. The van der Waals surface area contributed by atoms with E-state index in [4.69, 9.17) is 4.74 Å². The van der Waals surface area contributed by atoms with Crippen molar-refractivity contribution in [2.45, 2.75) is 19.4 Å². The number of nitrogens with zero attached hydrogens (tertiary/aromatic N) is 5. The van der Waals surface area contributed by atoms with Gasteiger partial charge in [0.25, 0.3) is 5.78 Å². The molecule has 0 aliphatic carbocycles. The molecular formula is C19H19F2N5O. The maximum atomic E-state index is 13.4. The van der Waals surface area contributed by atoms with Crippen molar-refractivity contribution >= 4 is 17.7 Å². The third-order valence-electron chi connectivity index (χ3n) is 4.62. The molecule has 0 unspecified atom stereocenters. The van der Waals surface area contributed by atoms with E-state index in [-0.39, 0.29) is 0 Å². The molecule has 3 aromatic rings. The number of methoxy groups -OCH3 is 1. The summed E-state index contributed by atoms with van der Waals surface area (Å²) in [6, 6.07) is 5.95. The number of benzene rings is 1. The van der Waals surface area contributed by atoms with Gasteiger partial charge in [0.1, 0.15) is 12.1 Å². The molecule has 4 rings (SSSR count). The summed E-state index contributed by atoms with van der Waals surface area (Å²) in [6.07, 6.45) is 5.09. The van der Waals surface area contributed by atoms with Gasteiger partial charge in [0, 0.05) is 26.3 Å². The quantitative estimate of drug-likeness (QED) is 0.705. The van der Waals surface area contributed by atoms with Crippen molar-refractivity contribution in [1.82, 2.24) is 19.6 Å². The number of hydrogen-bond acceptors (Lipinski definition) is 5. The van der Waals surface area contributed by atoms with Gasteiger partial charge < -0.3 is 9.64 Å². The summed E-state index contributed by atoms with van der Waals surface area (Å²) in [5, 5.41) is 4.27. The Morgan fingerprint density at radius 2 is 1.96 bits per heavy atom. The largest absolute Gasteiger partial charge is 0.378 e. The zero-order valence-corrected chi connectivity index (χ0v) is 14.9. The van der Waals surface area contributed by atoms with Gasteiger partial charge in [-0.1, -0.05) is 17.7 Å². The average molecular weight is 371 g/mol. The lowest BCUT2D eigenvalue weighted by Gasteiger charge is -2.30. The van der Waals surface area contributed by atoms with Crippen LogP contribution in [0.4, 0.5) is 14.6 Å². The second kappa shape index (κ2) is 7.40. The summed E-state index contributed by atoms with van der Waals surface area (Å²) >= 11 is 0. The van der Waals surface area contributed by atoms with Crippen molar-refractivity contribution in [1.29, 1.82) is 0 Å². The minimum absolute atomic E-state index is 0.408. The molecule has 0 saturated carbocycles. The average Bonchev–Trinajstić information content (AvgIpc) is 3.14. The van der Waals surface area contributed by atoms with Crippen molar-refractivity contribution in [3.63, 3.8) is 0 Å². The fraction of sp³-hybridized carbons (Fsp3) is 0.316. The van der Waals surface area contributed by atoms with E-state index in [0.717, 1.165) is 43.5 Å². The number of anilines is 1. The van der Waals surface area contributed by atoms with Crippen LogP contribution in [0.2, 0.25) is 0 Å². The molecule has 0 atom stereocenters. The van der Waals surface area contributed by atoms with E-state index in [9.17, 15) is 8.78 Å². The molecule has 0 spiro atoms. The monoisotopic (exact) mass is 371 g/mol. The molecule has 3 heterocycles. The fourth-order valence-electron chi connectivity index (χ4n) is 3.30. The number of piperidine rings is 1. The predicted molar refractivity (Wildman–Crippen MR) is 97.3 cm³/mol. The van der Waals surface area contributed by atoms with E-state index in [1.165, 1.54) is 18.0 Å². The lowest BCUT2D eigenvalue weighted by Crippen LogP contribution is -2.32. The molecule has 1 aliphatic heterocycles. The topological polar surface area (TPSA) is 55.6 Å². The molecule has 2 aromatic heterocycles. The van der Waals surface area contributed by atoms with Crippen molar-refractivity contribution < 1.29 is 13.5 Å². The molecule has 1 aliphatic rings. The van der Waals surface area contributed by atoms with Crippen molar-refractivity contribution in [3.05, 3.63) is 59.1 Å². The summed E-state index contributed by atoms with van der Waals surface area (Å²) in [5.41, 5.74) is 2.69. The summed E-state index contributed by atoms with van der Waals surface area (Å²) in [4.78, 5) is 10.8. The minimum atomic E-state index is -0.826. The Kier molecular flexibility index (Phi) is 4.81. The highest BCUT2D eigenvalue weighted by molar-refractivity contribution is 5.55. The first-order valence-electron chi connectivity index (χ1n) is 8.72. The SMILES string of the molecule is COCc1cc(N2CCC(=Cc3ccc(F)c(F)c3)CC2)n2ncnc2n1. The van der Waals surface area contributed by atoms with Gasteiger partial charge in [-0.2, -0.15) is 14.6 Å². The highest BCUT2D eigenvalue weighted by Crippen LogP contribution is 2.25. The van der Waals surface area contributed by atoms with Crippen LogP contribution in [0, 0.1) is 11.6 Å². The lowest BCUT2D eigenvalue weighted by molar-refractivity contribution is 0.181. The standard InChI is InChI=1S/C19H19F2N5O/c1-27-11-15-10-18(26-19(24-15)22-12-23-26)25-6-4-13(5-7-25)8-14-2-3-16(20)17(21)9-14/h2-3,8-10,12H,4-7,11H2,1H3. The van der Waals surface area contributed by atoms with Gasteiger partial charge in [0.05, 0.1) is 12.3 Å². The molecule has 0 bridgehead atoms. The molecular weight excluding hydrogens is 352 g/mol. The molecule has 0 radical (unpaired) electrons. The van der Waals surface area contributed by atoms with Crippen molar-refractivity contribution in [2.75, 3.05) is 25.1 Å². The first-order valence-corrected chi connectivity index (χ1v) is 8.72. The van der Waals surface area contributed by atoms with Gasteiger partial charge in [-0.25, -0.2) is 13.8 Å². The third-order valence-corrected chi connectivity index (χ3v) is 4.62. The van der Waals surface area contributed by atoms with E-state index >= 15 is 0 Å². The Morgan fingerprint density at radius 1 is 1.15 bits per heavy atom. The van der Waals surface area contributed by atoms with Crippen LogP contribution in [0.3, 0.4) is 0 Å². The predicted octanol–water partition coefficient (Wildman–Crippen LogP) is 3.23. The van der Waals surface area contributed by atoms with Crippen LogP contribution in [0.1, 0.15) is 24.1 Å². The van der Waals surface area contributed by atoms with Gasteiger partial charge >= 0.3 is 0 Å². The number of fused-ring (bicyclic) bond motifs is 1. The minimum Gasteiger partial charge on any atom is -0.378 e. The summed E-state index contributed by atoms with van der Waals surface area (Å²) in [6.45, 7) is 1.99. The molecule has 6 nitrogen and oxygen atoms in total. The zero-order chi connectivity index (χ0) is 18.8. The number of halogens is 2. The summed E-state index contributed by atoms with van der Waals surface area (Å²) in [5.74, 6) is -0.176. The molecule has 1 fully saturated rings. The first-order chi connectivity index (χ1) is 13.1. The highest BCUT2D eigenvalue weighted by Gasteiger charge is 2.19. The van der Waals surface area contributed by atoms with E-state index in [2.05, 4.69) is 20.0 Å². The van der Waals surface area contributed by atoms with Gasteiger partial charge in [-0.05, 0) is 30.5 Å². The number of ether oxygens (including phenoxy) is 1. The van der Waals surface area contributed by atoms with Crippen molar-refractivity contribution in [3.8, 4) is 0 Å². The van der Waals surface area contributed by atoms with Gasteiger partial charge in [0.2, 0.25) is 0 Å². The smallest absolute Gasteiger partial charge is 0.254 e. The highest BCUT2D eigenvalue weighted by atomic mass is 19.2. The molecule has 1 saturated heterocycles. The van der Waals surface area contributed by atoms with E-state index < -0.39 is 11.6 Å². The Morgan fingerprint density at radius 3 is 2.70 bits per heavy atom. The summed E-state index contributed by atoms with van der Waals surface area (Å²) in [7, 11) is 1.63. The van der Waals surface area contributed by atoms with Crippen LogP contribution >= 0.6 is 0 Å². The summed E-state index contributed by atoms with van der Waals surface area (Å²) < 4.78 is 33.4. The Labute approximate surface area is 155 Å². The maximum absolute atomic E-state index is 13.4. The van der Waals surface area contributed by atoms with Crippen LogP contribution in [-0.2, 0) is 11.3 Å². The van der Waals surface area contributed by atoms with Crippen molar-refractivity contribution in [2.24, 2.45) is 0 Å². The molecule has 8 heteroatoms. The number of hydrogen-bond donors (Lipinski definition) is 0. The van der Waals surface area contributed by atoms with E-state index in [1.54, 1.807) is 17.7 Å². The van der Waals surface area contributed by atoms with Gasteiger partial charge in [-0.3, -0.25) is 0 Å². The van der Waals surface area contributed by atoms with E-state index in [0.29, 0.717) is 17.9 Å². The molecule has 1 aromatic carbocycles. The normalized spacial score (nSPS) is 14.8. The molecule has 0 amide bonds. The third kappa shape index (κ3) is 3.66. The fourth-order valence-corrected chi connectivity index (χ4v) is 3.30. The Bertz CT molecular complexity index is 991. The van der Waals surface area contributed by atoms with Crippen LogP contribution in [0.15, 0.2) is 36.2 Å². The molecule has 0 N–H and O–H groups in total. The second-order valence-electron chi connectivity index (χ2n) is 6.47. The van der Waals surface area contributed by atoms with E-state index in [1.807, 2.05) is 12.1 Å². The second-order valence-corrected chi connectivity index (χ2v) is 6.47. The maximum Gasteiger partial charge on any atom is 0.254 e. The van der Waals surface area contributed by atoms with Gasteiger partial charge in [0.15, 0.2) is 11.6 Å². The number of rotatable bonds is 4. The Balaban J connectivity index is 1.54.